The van der Waals surface area contributed by atoms with Crippen LogP contribution in [0.3, 0.4) is 0 Å². The van der Waals surface area contributed by atoms with E-state index in [1.807, 2.05) is 0 Å². The van der Waals surface area contributed by atoms with Crippen LogP contribution in [0.1, 0.15) is 6.42 Å². The molecule has 1 saturated heterocycles. The van der Waals surface area contributed by atoms with Crippen LogP contribution >= 0.6 is 0 Å². The van der Waals surface area contributed by atoms with Crippen LogP contribution in [0.15, 0.2) is 29.2 Å². The molecule has 0 amide bonds. The number of β-amino-alcohol motifs (C(OH)–C–C–N with tert-alkyl or cyclic N) is 1. The molecule has 9 nitrogen and oxygen atoms in total. The Morgan fingerprint density at radius 2 is 2.00 bits per heavy atom. The molecule has 0 aliphatic carbocycles. The number of aliphatic hydroxyl groups excluding tert-OH is 1. The van der Waals surface area contributed by atoms with Crippen molar-refractivity contribution in [3.63, 3.8) is 0 Å². The van der Waals surface area contributed by atoms with Crippen molar-refractivity contribution >= 4 is 21.7 Å². The normalized spacial score (nSPS) is 23.1. The lowest BCUT2D eigenvalue weighted by atomic mass is 10.2. The molecule has 10 heteroatoms. The second-order valence-electron chi connectivity index (χ2n) is 4.54. The van der Waals surface area contributed by atoms with E-state index in [-0.39, 0.29) is 6.42 Å². The molecule has 0 spiro atoms. The summed E-state index contributed by atoms with van der Waals surface area (Å²) >= 11 is 0. The predicted octanol–water partition coefficient (Wildman–Crippen LogP) is -0.197. The van der Waals surface area contributed by atoms with E-state index in [0.29, 0.717) is 4.31 Å². The van der Waals surface area contributed by atoms with E-state index in [1.165, 1.54) is 12.1 Å². The van der Waals surface area contributed by atoms with Gasteiger partial charge in [0.25, 0.3) is 15.7 Å². The zero-order valence-corrected chi connectivity index (χ0v) is 11.4. The summed E-state index contributed by atoms with van der Waals surface area (Å²) in [4.78, 5) is 20.6. The van der Waals surface area contributed by atoms with Gasteiger partial charge in [0, 0.05) is 19.0 Å². The highest BCUT2D eigenvalue weighted by molar-refractivity contribution is 7.89. The number of aliphatic hydroxyl groups is 1. The van der Waals surface area contributed by atoms with Gasteiger partial charge in [0.1, 0.15) is 6.04 Å². The molecular formula is C11H12N2O7S. The number of carboxylic acid groups (broad SMARTS) is 1. The number of rotatable bonds is 4. The van der Waals surface area contributed by atoms with Crippen molar-refractivity contribution in [3.05, 3.63) is 34.4 Å². The van der Waals surface area contributed by atoms with Gasteiger partial charge in [0.05, 0.1) is 11.0 Å². The zero-order chi connectivity index (χ0) is 15.8. The first-order valence-corrected chi connectivity index (χ1v) is 7.35. The van der Waals surface area contributed by atoms with E-state index in [1.54, 1.807) is 0 Å². The third kappa shape index (κ3) is 2.73. The molecule has 2 rings (SSSR count). The van der Waals surface area contributed by atoms with Crippen molar-refractivity contribution < 1.29 is 28.3 Å². The fourth-order valence-corrected chi connectivity index (χ4v) is 4.02. The Hall–Kier alpha value is -2.04. The number of nitrogens with zero attached hydrogens (tertiary/aromatic N) is 2. The van der Waals surface area contributed by atoms with E-state index in [0.717, 1.165) is 12.1 Å². The van der Waals surface area contributed by atoms with Gasteiger partial charge in [-0.15, -0.1) is 0 Å². The maximum Gasteiger partial charge on any atom is 0.322 e. The van der Waals surface area contributed by atoms with E-state index in [4.69, 9.17) is 5.11 Å². The van der Waals surface area contributed by atoms with Gasteiger partial charge in [-0.2, -0.15) is 4.31 Å². The molecule has 1 aromatic carbocycles. The van der Waals surface area contributed by atoms with Crippen LogP contribution in [0.4, 0.5) is 5.69 Å². The van der Waals surface area contributed by atoms with Crippen molar-refractivity contribution in [1.29, 1.82) is 0 Å². The van der Waals surface area contributed by atoms with Gasteiger partial charge < -0.3 is 10.2 Å². The monoisotopic (exact) mass is 316 g/mol. The van der Waals surface area contributed by atoms with Crippen LogP contribution in [0.2, 0.25) is 0 Å². The van der Waals surface area contributed by atoms with Crippen LogP contribution in [-0.4, -0.2) is 52.5 Å². The van der Waals surface area contributed by atoms with E-state index in [9.17, 15) is 28.4 Å². The Balaban J connectivity index is 2.52. The Kier molecular flexibility index (Phi) is 3.94. The average Bonchev–Trinajstić information content (AvgIpc) is 2.82. The number of hydrogen-bond acceptors (Lipinski definition) is 6. The maximum atomic E-state index is 12.5. The summed E-state index contributed by atoms with van der Waals surface area (Å²) < 4.78 is 25.5. The lowest BCUT2D eigenvalue weighted by molar-refractivity contribution is -0.387. The number of sulfonamides is 1. The van der Waals surface area contributed by atoms with Crippen molar-refractivity contribution in [2.24, 2.45) is 0 Å². The fraction of sp³-hybridized carbons (Fsp3) is 0.364. The lowest BCUT2D eigenvalue weighted by Gasteiger charge is -2.20. The summed E-state index contributed by atoms with van der Waals surface area (Å²) in [5.41, 5.74) is -0.636. The standard InChI is InChI=1S/C11H12N2O7S/c14-7-5-9(11(15)16)12(6-7)21(19,20)10-4-2-1-3-8(10)13(17)18/h1-4,7,9,14H,5-6H2,(H,15,16)/t7-,9+/m1/s1. The van der Waals surface area contributed by atoms with Crippen molar-refractivity contribution in [3.8, 4) is 0 Å². The Labute approximate surface area is 119 Å². The summed E-state index contributed by atoms with van der Waals surface area (Å²) in [6.45, 7) is -0.411. The van der Waals surface area contributed by atoms with Crippen molar-refractivity contribution in [2.45, 2.75) is 23.5 Å². The molecule has 2 N–H and O–H groups in total. The summed E-state index contributed by atoms with van der Waals surface area (Å²) in [6, 6.07) is 3.24. The minimum absolute atomic E-state index is 0.255. The number of carboxylic acids is 1. The molecule has 0 radical (unpaired) electrons. The number of nitro benzene ring substituents is 1. The minimum atomic E-state index is -4.39. The highest BCUT2D eigenvalue weighted by atomic mass is 32.2. The van der Waals surface area contributed by atoms with Crippen LogP contribution in [-0.2, 0) is 14.8 Å². The Morgan fingerprint density at radius 3 is 2.57 bits per heavy atom. The molecule has 0 saturated carbocycles. The van der Waals surface area contributed by atoms with E-state index >= 15 is 0 Å². The molecular weight excluding hydrogens is 304 g/mol. The zero-order valence-electron chi connectivity index (χ0n) is 10.6. The largest absolute Gasteiger partial charge is 0.480 e. The third-order valence-corrected chi connectivity index (χ3v) is 5.09. The third-order valence-electron chi connectivity index (χ3n) is 3.17. The molecule has 2 atom stereocenters. The first-order chi connectivity index (χ1) is 9.75. The molecule has 114 valence electrons. The molecule has 0 bridgehead atoms. The Morgan fingerprint density at radius 1 is 1.38 bits per heavy atom. The first kappa shape index (κ1) is 15.4. The smallest absolute Gasteiger partial charge is 0.322 e. The van der Waals surface area contributed by atoms with Crippen LogP contribution < -0.4 is 0 Å². The second-order valence-corrected chi connectivity index (χ2v) is 6.40. The minimum Gasteiger partial charge on any atom is -0.480 e. The fourth-order valence-electron chi connectivity index (χ4n) is 2.23. The number of carbonyl (C=O) groups is 1. The van der Waals surface area contributed by atoms with Gasteiger partial charge in [-0.1, -0.05) is 12.1 Å². The highest BCUT2D eigenvalue weighted by Crippen LogP contribution is 2.31. The number of aliphatic carboxylic acids is 1. The van der Waals surface area contributed by atoms with E-state index < -0.39 is 50.2 Å². The van der Waals surface area contributed by atoms with Gasteiger partial charge in [-0.25, -0.2) is 8.42 Å². The molecule has 1 aromatic rings. The summed E-state index contributed by atoms with van der Waals surface area (Å²) in [7, 11) is -4.39. The van der Waals surface area contributed by atoms with Gasteiger partial charge in [-0.05, 0) is 6.07 Å². The van der Waals surface area contributed by atoms with Gasteiger partial charge in [-0.3, -0.25) is 14.9 Å². The molecule has 1 heterocycles. The number of hydrogen-bond donors (Lipinski definition) is 2. The maximum absolute atomic E-state index is 12.5. The van der Waals surface area contributed by atoms with Crippen molar-refractivity contribution in [2.75, 3.05) is 6.54 Å². The van der Waals surface area contributed by atoms with E-state index in [2.05, 4.69) is 0 Å². The van der Waals surface area contributed by atoms with Crippen LogP contribution in [0.5, 0.6) is 0 Å². The topological polar surface area (TPSA) is 138 Å². The van der Waals surface area contributed by atoms with Crippen molar-refractivity contribution in [1.82, 2.24) is 4.31 Å². The Bertz CT molecular complexity index is 688. The molecule has 1 aliphatic rings. The SMILES string of the molecule is O=C(O)[C@@H]1C[C@@H](O)CN1S(=O)(=O)c1ccccc1[N+](=O)[O-]. The lowest BCUT2D eigenvalue weighted by Crippen LogP contribution is -2.40. The summed E-state index contributed by atoms with van der Waals surface area (Å²) in [5, 5.41) is 29.5. The average molecular weight is 316 g/mol. The van der Waals surface area contributed by atoms with Gasteiger partial charge >= 0.3 is 5.97 Å². The molecule has 0 aromatic heterocycles. The predicted molar refractivity (Wildman–Crippen MR) is 69.0 cm³/mol. The van der Waals surface area contributed by atoms with Gasteiger partial charge in [0.15, 0.2) is 4.90 Å². The quantitative estimate of drug-likeness (QED) is 0.579. The highest BCUT2D eigenvalue weighted by Gasteiger charge is 2.45. The first-order valence-electron chi connectivity index (χ1n) is 5.91. The summed E-state index contributed by atoms with van der Waals surface area (Å²) in [6.07, 6.45) is -1.38. The second kappa shape index (κ2) is 5.39. The van der Waals surface area contributed by atoms with Crippen LogP contribution in [0.25, 0.3) is 0 Å². The molecule has 0 unspecified atom stereocenters. The molecule has 1 aliphatic heterocycles. The molecule has 1 fully saturated rings. The molecule has 21 heavy (non-hydrogen) atoms. The van der Waals surface area contributed by atoms with Crippen LogP contribution in [0, 0.1) is 10.1 Å². The number of nitro groups is 1. The number of para-hydroxylation sites is 1. The van der Waals surface area contributed by atoms with Gasteiger partial charge in [0.2, 0.25) is 0 Å². The number of benzene rings is 1. The summed E-state index contributed by atoms with van der Waals surface area (Å²) in [5.74, 6) is -1.41.